The smallest absolute Gasteiger partial charge is 0.331 e. The van der Waals surface area contributed by atoms with Crippen molar-refractivity contribution in [2.24, 2.45) is 0 Å². The molecular weight excluding hydrogens is 521 g/mol. The minimum absolute atomic E-state index is 0.0250. The zero-order valence-corrected chi connectivity index (χ0v) is 20.1. The minimum Gasteiger partial charge on any atom is -0.331 e. The van der Waals surface area contributed by atoms with Gasteiger partial charge < -0.3 is 9.80 Å². The minimum atomic E-state index is -4.88. The maximum Gasteiger partial charge on any atom is 0.428 e. The van der Waals surface area contributed by atoms with Crippen molar-refractivity contribution in [3.05, 3.63) is 74.2 Å². The molecule has 12 heteroatoms. The van der Waals surface area contributed by atoms with Gasteiger partial charge in [0, 0.05) is 19.7 Å². The van der Waals surface area contributed by atoms with E-state index >= 15 is 4.39 Å². The maximum atomic E-state index is 15.2. The highest BCUT2D eigenvalue weighted by molar-refractivity contribution is 6.48. The Labute approximate surface area is 207 Å². The molecule has 1 fully saturated rings. The first kappa shape index (κ1) is 24.9. The van der Waals surface area contributed by atoms with E-state index in [0.717, 1.165) is 18.2 Å². The number of hydrogen-bond acceptors (Lipinski definition) is 3. The van der Waals surface area contributed by atoms with Gasteiger partial charge in [-0.15, -0.1) is 0 Å². The third-order valence-electron chi connectivity index (χ3n) is 5.75. The molecule has 0 spiro atoms. The van der Waals surface area contributed by atoms with Crippen LogP contribution in [0.2, 0.25) is 15.1 Å². The van der Waals surface area contributed by atoms with Gasteiger partial charge in [0.1, 0.15) is 0 Å². The summed E-state index contributed by atoms with van der Waals surface area (Å²) in [7, 11) is 3.15. The van der Waals surface area contributed by atoms with E-state index in [1.807, 2.05) is 0 Å². The number of carbonyl (C=O) groups excluding carboxylic acids is 1. The van der Waals surface area contributed by atoms with Crippen molar-refractivity contribution < 1.29 is 27.2 Å². The number of halogens is 7. The fourth-order valence-electron chi connectivity index (χ4n) is 3.86. The second-order valence-corrected chi connectivity index (χ2v) is 9.52. The number of alkyl halides is 4. The highest BCUT2D eigenvalue weighted by atomic mass is 35.5. The quantitative estimate of drug-likeness (QED) is 0.377. The molecule has 2 amide bonds. The van der Waals surface area contributed by atoms with Crippen molar-refractivity contribution in [1.82, 2.24) is 15.3 Å². The van der Waals surface area contributed by atoms with Gasteiger partial charge in [0.25, 0.3) is 0 Å². The molecule has 2 aliphatic rings. The Morgan fingerprint density at radius 1 is 1.06 bits per heavy atom. The summed E-state index contributed by atoms with van der Waals surface area (Å²) in [4.78, 5) is 19.7. The monoisotopic (exact) mass is 537 g/mol. The van der Waals surface area contributed by atoms with Crippen LogP contribution < -0.4 is 5.48 Å². The highest BCUT2D eigenvalue weighted by Crippen LogP contribution is 2.49. The molecule has 1 atom stereocenters. The molecule has 1 saturated heterocycles. The first-order chi connectivity index (χ1) is 15.8. The number of urea groups is 1. The lowest BCUT2D eigenvalue weighted by molar-refractivity contribution is -0.269. The second-order valence-electron chi connectivity index (χ2n) is 8.33. The van der Waals surface area contributed by atoms with E-state index < -0.39 is 17.4 Å². The van der Waals surface area contributed by atoms with Crippen LogP contribution in [0.25, 0.3) is 5.70 Å². The Kier molecular flexibility index (Phi) is 6.21. The number of hydroxylamine groups is 1. The van der Waals surface area contributed by atoms with Crippen molar-refractivity contribution >= 4 is 46.5 Å². The molecular formula is C22H18Cl3F4N3O2. The summed E-state index contributed by atoms with van der Waals surface area (Å²) < 4.78 is 57.7. The van der Waals surface area contributed by atoms with Crippen LogP contribution >= 0.6 is 34.8 Å². The average Bonchev–Trinajstić information content (AvgIpc) is 3.21. The normalized spacial score (nSPS) is 21.6. The Hall–Kier alpha value is -2.20. The number of nitrogens with zero attached hydrogens (tertiary/aromatic N) is 2. The van der Waals surface area contributed by atoms with E-state index in [2.05, 4.69) is 5.48 Å². The Morgan fingerprint density at radius 3 is 2.12 bits per heavy atom. The number of likely N-dealkylation sites (tertiary alicyclic amines) is 1. The summed E-state index contributed by atoms with van der Waals surface area (Å²) >= 11 is 17.8. The summed E-state index contributed by atoms with van der Waals surface area (Å²) in [5.74, 6) is 0. The summed E-state index contributed by atoms with van der Waals surface area (Å²) in [6, 6.07) is 7.67. The first-order valence-corrected chi connectivity index (χ1v) is 11.1. The zero-order chi connectivity index (χ0) is 25.1. The molecule has 2 aliphatic heterocycles. The van der Waals surface area contributed by atoms with Crippen LogP contribution in [0.1, 0.15) is 16.7 Å². The Morgan fingerprint density at radius 2 is 1.62 bits per heavy atom. The molecule has 2 heterocycles. The second kappa shape index (κ2) is 8.48. The number of nitrogens with one attached hydrogen (secondary N) is 1. The number of rotatable bonds is 3. The van der Waals surface area contributed by atoms with Gasteiger partial charge in [-0.2, -0.15) is 13.2 Å². The van der Waals surface area contributed by atoms with Crippen molar-refractivity contribution in [2.75, 3.05) is 27.2 Å². The summed E-state index contributed by atoms with van der Waals surface area (Å²) in [6.45, 7) is -0.217. The first-order valence-electron chi connectivity index (χ1n) is 9.92. The summed E-state index contributed by atoms with van der Waals surface area (Å²) in [6.07, 6.45) is -4.01. The van der Waals surface area contributed by atoms with Crippen LogP contribution in [-0.2, 0) is 16.1 Å². The van der Waals surface area contributed by atoms with Crippen molar-refractivity contribution in [3.8, 4) is 0 Å². The van der Waals surface area contributed by atoms with E-state index in [-0.39, 0.29) is 45.4 Å². The van der Waals surface area contributed by atoms with Crippen molar-refractivity contribution in [2.45, 2.75) is 17.4 Å². The predicted molar refractivity (Wildman–Crippen MR) is 121 cm³/mol. The molecule has 2 aromatic rings. The molecule has 1 N–H and O–H groups in total. The van der Waals surface area contributed by atoms with Gasteiger partial charge in [-0.1, -0.05) is 59.1 Å². The topological polar surface area (TPSA) is 44.8 Å². The lowest BCUT2D eigenvalue weighted by Crippen LogP contribution is -2.60. The van der Waals surface area contributed by atoms with Crippen LogP contribution in [0.3, 0.4) is 0 Å². The maximum absolute atomic E-state index is 15.2. The SMILES string of the molecule is CN(C)C(=O)N1CC(F)(c2ccc(C3=CC(c4cc(Cl)c(Cl)c(Cl)c4)(C(F)(F)F)ON3)cc2)C1. The fourth-order valence-corrected chi connectivity index (χ4v) is 4.46. The van der Waals surface area contributed by atoms with Crippen molar-refractivity contribution in [3.63, 3.8) is 0 Å². The Bertz CT molecular complexity index is 1140. The molecule has 5 nitrogen and oxygen atoms in total. The largest absolute Gasteiger partial charge is 0.428 e. The number of carbonyl (C=O) groups is 1. The van der Waals surface area contributed by atoms with Crippen LogP contribution in [0, 0.1) is 0 Å². The van der Waals surface area contributed by atoms with Crippen molar-refractivity contribution in [1.29, 1.82) is 0 Å². The lowest BCUT2D eigenvalue weighted by atomic mass is 9.87. The summed E-state index contributed by atoms with van der Waals surface area (Å²) in [5, 5.41) is -0.381. The molecule has 1 unspecified atom stereocenters. The van der Waals surface area contributed by atoms with E-state index in [4.69, 9.17) is 39.6 Å². The van der Waals surface area contributed by atoms with Crippen LogP contribution in [0.4, 0.5) is 22.4 Å². The number of benzene rings is 2. The summed E-state index contributed by atoms with van der Waals surface area (Å²) in [5.41, 5.74) is -1.97. The zero-order valence-electron chi connectivity index (χ0n) is 17.8. The van der Waals surface area contributed by atoms with Gasteiger partial charge in [0.15, 0.2) is 5.67 Å². The van der Waals surface area contributed by atoms with Gasteiger partial charge in [0.2, 0.25) is 5.60 Å². The van der Waals surface area contributed by atoms with Gasteiger partial charge in [-0.25, -0.2) is 9.18 Å². The Balaban J connectivity index is 1.62. The molecule has 0 aliphatic carbocycles. The van der Waals surface area contributed by atoms with Crippen LogP contribution in [0.5, 0.6) is 0 Å². The van der Waals surface area contributed by atoms with Gasteiger partial charge in [0.05, 0.1) is 33.9 Å². The van der Waals surface area contributed by atoms with E-state index in [1.165, 1.54) is 34.1 Å². The molecule has 34 heavy (non-hydrogen) atoms. The van der Waals surface area contributed by atoms with Crippen LogP contribution in [0.15, 0.2) is 42.5 Å². The standard InChI is InChI=1S/C22H18Cl3F4N3O2/c1-31(2)19(33)32-10-20(26,11-32)13-5-3-12(4-6-13)17-9-21(34-30-17,22(27,28)29)14-7-15(23)18(25)16(24)8-14/h3-9,30H,10-11H2,1-2H3. The molecule has 2 aromatic carbocycles. The molecule has 4 rings (SSSR count). The number of amides is 2. The lowest BCUT2D eigenvalue weighted by Gasteiger charge is -2.45. The predicted octanol–water partition coefficient (Wildman–Crippen LogP) is 6.14. The van der Waals surface area contributed by atoms with E-state index in [0.29, 0.717) is 11.1 Å². The molecule has 182 valence electrons. The number of hydrogen-bond donors (Lipinski definition) is 1. The molecule has 0 aromatic heterocycles. The molecule has 0 radical (unpaired) electrons. The van der Waals surface area contributed by atoms with Crippen LogP contribution in [-0.4, -0.2) is 49.2 Å². The third kappa shape index (κ3) is 4.08. The highest BCUT2D eigenvalue weighted by Gasteiger charge is 2.60. The fraction of sp³-hybridized carbons (Fsp3) is 0.318. The van der Waals surface area contributed by atoms with Gasteiger partial charge >= 0.3 is 12.2 Å². The average molecular weight is 539 g/mol. The van der Waals surface area contributed by atoms with Gasteiger partial charge in [-0.05, 0) is 29.3 Å². The third-order valence-corrected chi connectivity index (χ3v) is 6.95. The van der Waals surface area contributed by atoms with E-state index in [1.54, 1.807) is 14.1 Å². The van der Waals surface area contributed by atoms with Gasteiger partial charge in [-0.3, -0.25) is 10.3 Å². The molecule has 0 bridgehead atoms. The molecule has 0 saturated carbocycles. The van der Waals surface area contributed by atoms with E-state index in [9.17, 15) is 18.0 Å².